The van der Waals surface area contributed by atoms with Gasteiger partial charge in [-0.25, -0.2) is 4.68 Å². The maximum absolute atomic E-state index is 13.4. The number of amides is 1. The Hall–Kier alpha value is -2.64. The fourth-order valence-electron chi connectivity index (χ4n) is 7.35. The number of thioether (sulfide) groups is 1. The highest BCUT2D eigenvalue weighted by atomic mass is 32.2. The van der Waals surface area contributed by atoms with Gasteiger partial charge >= 0.3 is 0 Å². The van der Waals surface area contributed by atoms with Crippen LogP contribution >= 0.6 is 24.0 Å². The van der Waals surface area contributed by atoms with Crippen molar-refractivity contribution in [2.24, 2.45) is 17.8 Å². The fraction of sp³-hybridized carbons (Fsp3) is 0.393. The van der Waals surface area contributed by atoms with E-state index in [0.717, 1.165) is 34.8 Å². The molecule has 0 N–H and O–H groups in total. The van der Waals surface area contributed by atoms with Gasteiger partial charge in [0, 0.05) is 17.2 Å². The zero-order valence-electron chi connectivity index (χ0n) is 19.4. The predicted octanol–water partition coefficient (Wildman–Crippen LogP) is 6.33. The first kappa shape index (κ1) is 21.6. The molecule has 4 bridgehead atoms. The standard InChI is InChI=1S/C28H27N3O2S2/c32-26-24(35-27(34)30(26)17-23-7-4-8-33-23)12-21-16-31(22-5-2-1-3-6-22)29-25(21)28-13-18-9-19(14-28)11-20(10-18)15-28/h1-8,12,16,18-20H,9-11,13-15,17H2. The van der Waals surface area contributed by atoms with Crippen LogP contribution in [0, 0.1) is 17.8 Å². The summed E-state index contributed by atoms with van der Waals surface area (Å²) in [4.78, 5) is 15.7. The average Bonchev–Trinajstić information content (AvgIpc) is 3.57. The molecule has 3 aromatic rings. The molecule has 0 spiro atoms. The van der Waals surface area contributed by atoms with Crippen molar-refractivity contribution in [3.8, 4) is 5.69 Å². The highest BCUT2D eigenvalue weighted by molar-refractivity contribution is 8.26. The molecule has 1 aliphatic heterocycles. The van der Waals surface area contributed by atoms with Crippen LogP contribution in [0.15, 0.2) is 64.2 Å². The molecule has 178 valence electrons. The summed E-state index contributed by atoms with van der Waals surface area (Å²) < 4.78 is 8.04. The van der Waals surface area contributed by atoms with Gasteiger partial charge in [0.1, 0.15) is 10.1 Å². The molecular formula is C28H27N3O2S2. The van der Waals surface area contributed by atoms with E-state index < -0.39 is 0 Å². The molecule has 8 rings (SSSR count). The van der Waals surface area contributed by atoms with Crippen molar-refractivity contribution >= 4 is 40.3 Å². The van der Waals surface area contributed by atoms with E-state index in [-0.39, 0.29) is 11.3 Å². The Labute approximate surface area is 214 Å². The number of furan rings is 1. The lowest BCUT2D eigenvalue weighted by molar-refractivity contribution is -0.122. The lowest BCUT2D eigenvalue weighted by atomic mass is 9.48. The van der Waals surface area contributed by atoms with Crippen molar-refractivity contribution in [2.75, 3.05) is 0 Å². The number of aromatic nitrogens is 2. The maximum Gasteiger partial charge on any atom is 0.266 e. The Bertz CT molecular complexity index is 1290. The monoisotopic (exact) mass is 501 g/mol. The molecular weight excluding hydrogens is 474 g/mol. The van der Waals surface area contributed by atoms with E-state index in [1.54, 1.807) is 11.2 Å². The molecule has 3 heterocycles. The summed E-state index contributed by atoms with van der Waals surface area (Å²) in [5.74, 6) is 3.14. The number of hydrogen-bond donors (Lipinski definition) is 0. The van der Waals surface area contributed by atoms with Gasteiger partial charge in [0.15, 0.2) is 0 Å². The second kappa shape index (κ2) is 8.20. The smallest absolute Gasteiger partial charge is 0.266 e. The molecule has 4 saturated carbocycles. The van der Waals surface area contributed by atoms with Gasteiger partial charge in [-0.3, -0.25) is 9.69 Å². The SMILES string of the molecule is O=C1C(=Cc2cn(-c3ccccc3)nc2C23CC4CC(CC(C4)C2)C3)SC(=S)N1Cc1ccco1. The first-order valence-corrected chi connectivity index (χ1v) is 13.7. The summed E-state index contributed by atoms with van der Waals surface area (Å²) in [6.45, 7) is 0.361. The molecule has 7 heteroatoms. The Morgan fingerprint density at radius 3 is 2.43 bits per heavy atom. The van der Waals surface area contributed by atoms with Crippen molar-refractivity contribution in [3.63, 3.8) is 0 Å². The van der Waals surface area contributed by atoms with Crippen LogP contribution in [0.2, 0.25) is 0 Å². The molecule has 1 saturated heterocycles. The van der Waals surface area contributed by atoms with Crippen LogP contribution < -0.4 is 0 Å². The lowest BCUT2D eigenvalue weighted by Crippen LogP contribution is -2.49. The predicted molar refractivity (Wildman–Crippen MR) is 141 cm³/mol. The van der Waals surface area contributed by atoms with Crippen molar-refractivity contribution in [3.05, 3.63) is 76.8 Å². The number of carbonyl (C=O) groups excluding carboxylic acids is 1. The number of thiocarbonyl (C=S) groups is 1. The highest BCUT2D eigenvalue weighted by Crippen LogP contribution is 2.61. The van der Waals surface area contributed by atoms with Gasteiger partial charge < -0.3 is 4.42 Å². The molecule has 5 aliphatic rings. The minimum atomic E-state index is -0.0553. The van der Waals surface area contributed by atoms with Crippen molar-refractivity contribution in [1.82, 2.24) is 14.7 Å². The van der Waals surface area contributed by atoms with E-state index in [1.807, 2.05) is 41.1 Å². The molecule has 5 fully saturated rings. The van der Waals surface area contributed by atoms with E-state index in [0.29, 0.717) is 15.8 Å². The van der Waals surface area contributed by atoms with E-state index in [9.17, 15) is 4.79 Å². The Morgan fingerprint density at radius 1 is 1.06 bits per heavy atom. The summed E-state index contributed by atoms with van der Waals surface area (Å²) >= 11 is 6.96. The summed E-state index contributed by atoms with van der Waals surface area (Å²) in [6, 6.07) is 14.0. The van der Waals surface area contributed by atoms with Crippen molar-refractivity contribution in [2.45, 2.75) is 50.5 Å². The van der Waals surface area contributed by atoms with E-state index in [4.69, 9.17) is 21.7 Å². The first-order valence-electron chi connectivity index (χ1n) is 12.5. The summed E-state index contributed by atoms with van der Waals surface area (Å²) in [5, 5.41) is 5.23. The van der Waals surface area contributed by atoms with Gasteiger partial charge in [0.25, 0.3) is 5.91 Å². The quantitative estimate of drug-likeness (QED) is 0.302. The molecule has 5 nitrogen and oxygen atoms in total. The van der Waals surface area contributed by atoms with Gasteiger partial charge in [-0.05, 0) is 86.6 Å². The molecule has 0 atom stereocenters. The summed E-state index contributed by atoms with van der Waals surface area (Å²) in [5.41, 5.74) is 3.41. The minimum absolute atomic E-state index is 0.0553. The van der Waals surface area contributed by atoms with E-state index in [1.165, 1.54) is 56.0 Å². The van der Waals surface area contributed by atoms with Crippen LogP contribution in [0.4, 0.5) is 0 Å². The Morgan fingerprint density at radius 2 is 1.77 bits per heavy atom. The molecule has 2 aromatic heterocycles. The zero-order valence-corrected chi connectivity index (χ0v) is 21.1. The van der Waals surface area contributed by atoms with Crippen LogP contribution in [0.5, 0.6) is 0 Å². The van der Waals surface area contributed by atoms with Crippen LogP contribution in [-0.2, 0) is 16.8 Å². The molecule has 1 amide bonds. The van der Waals surface area contributed by atoms with Gasteiger partial charge in [-0.1, -0.05) is 42.2 Å². The highest BCUT2D eigenvalue weighted by Gasteiger charge is 2.53. The van der Waals surface area contributed by atoms with Crippen molar-refractivity contribution in [1.29, 1.82) is 0 Å². The number of nitrogens with zero attached hydrogens (tertiary/aromatic N) is 3. The number of carbonyl (C=O) groups is 1. The number of hydrogen-bond acceptors (Lipinski definition) is 5. The second-order valence-electron chi connectivity index (χ2n) is 10.8. The molecule has 4 aliphatic carbocycles. The van der Waals surface area contributed by atoms with Crippen LogP contribution in [-0.4, -0.2) is 24.9 Å². The number of para-hydroxylation sites is 1. The largest absolute Gasteiger partial charge is 0.467 e. The van der Waals surface area contributed by atoms with Crippen LogP contribution in [0.1, 0.15) is 55.5 Å². The third-order valence-electron chi connectivity index (χ3n) is 8.36. The average molecular weight is 502 g/mol. The van der Waals surface area contributed by atoms with E-state index in [2.05, 4.69) is 18.3 Å². The first-order chi connectivity index (χ1) is 17.1. The van der Waals surface area contributed by atoms with Gasteiger partial charge in [-0.2, -0.15) is 5.10 Å². The molecule has 1 aromatic carbocycles. The van der Waals surface area contributed by atoms with Gasteiger partial charge in [-0.15, -0.1) is 0 Å². The second-order valence-corrected chi connectivity index (χ2v) is 12.4. The third kappa shape index (κ3) is 3.71. The normalized spacial score (nSPS) is 30.7. The van der Waals surface area contributed by atoms with Gasteiger partial charge in [0.05, 0.1) is 29.1 Å². The molecule has 0 radical (unpaired) electrons. The zero-order chi connectivity index (χ0) is 23.6. The fourth-order valence-corrected chi connectivity index (χ4v) is 8.60. The molecule has 35 heavy (non-hydrogen) atoms. The van der Waals surface area contributed by atoms with Crippen molar-refractivity contribution < 1.29 is 9.21 Å². The summed E-state index contributed by atoms with van der Waals surface area (Å²) in [6.07, 6.45) is 13.6. The Kier molecular flexibility index (Phi) is 5.07. The van der Waals surface area contributed by atoms with Crippen LogP contribution in [0.25, 0.3) is 11.8 Å². The lowest BCUT2D eigenvalue weighted by Gasteiger charge is -2.56. The maximum atomic E-state index is 13.4. The molecule has 0 unspecified atom stereocenters. The number of benzene rings is 1. The summed E-state index contributed by atoms with van der Waals surface area (Å²) in [7, 11) is 0. The topological polar surface area (TPSA) is 51.3 Å². The third-order valence-corrected chi connectivity index (χ3v) is 9.74. The number of rotatable bonds is 5. The van der Waals surface area contributed by atoms with E-state index >= 15 is 0 Å². The van der Waals surface area contributed by atoms with Crippen LogP contribution in [0.3, 0.4) is 0 Å². The minimum Gasteiger partial charge on any atom is -0.467 e. The van der Waals surface area contributed by atoms with Gasteiger partial charge in [0.2, 0.25) is 0 Å². The Balaban J connectivity index is 1.29.